The number of allylic oxidation sites excluding steroid dienone is 1. The molecule has 0 bridgehead atoms. The van der Waals surface area contributed by atoms with Gasteiger partial charge in [0.2, 0.25) is 0 Å². The summed E-state index contributed by atoms with van der Waals surface area (Å²) in [6.45, 7) is 10.6. The van der Waals surface area contributed by atoms with Crippen LogP contribution in [-0.4, -0.2) is 13.2 Å². The average molecular weight is 509 g/mol. The van der Waals surface area contributed by atoms with E-state index >= 15 is 0 Å². The Morgan fingerprint density at radius 2 is 0.806 bits per heavy atom. The van der Waals surface area contributed by atoms with Crippen molar-refractivity contribution in [3.8, 4) is 0 Å². The third kappa shape index (κ3) is 25.0. The Hall–Kier alpha value is -0.660. The lowest BCUT2D eigenvalue weighted by Gasteiger charge is -2.21. The molecule has 0 rings (SSSR count). The van der Waals surface area contributed by atoms with E-state index in [0.29, 0.717) is 5.92 Å². The highest BCUT2D eigenvalue weighted by atomic mass is 16.5. The zero-order valence-corrected chi connectivity index (χ0v) is 25.6. The summed E-state index contributed by atoms with van der Waals surface area (Å²) in [5.74, 6) is 1.68. The maximum absolute atomic E-state index is 6.23. The van der Waals surface area contributed by atoms with E-state index in [4.69, 9.17) is 9.47 Å². The fourth-order valence-electron chi connectivity index (χ4n) is 5.09. The molecule has 0 fully saturated rings. The fraction of sp³-hybridized carbons (Fsp3) is 0.941. The lowest BCUT2D eigenvalue weighted by molar-refractivity contribution is 0.140. The quantitative estimate of drug-likeness (QED) is 0.0709. The van der Waals surface area contributed by atoms with Crippen LogP contribution in [0.25, 0.3) is 0 Å². The lowest BCUT2D eigenvalue weighted by atomic mass is 9.92. The van der Waals surface area contributed by atoms with E-state index in [1.54, 1.807) is 0 Å². The minimum atomic E-state index is 0.543. The summed E-state index contributed by atoms with van der Waals surface area (Å²) >= 11 is 0. The van der Waals surface area contributed by atoms with E-state index < -0.39 is 0 Å². The van der Waals surface area contributed by atoms with Gasteiger partial charge in [0.1, 0.15) is 12.0 Å². The molecule has 0 radical (unpaired) electrons. The average Bonchev–Trinajstić information content (AvgIpc) is 2.89. The molecule has 0 aliphatic heterocycles. The first kappa shape index (κ1) is 35.3. The van der Waals surface area contributed by atoms with Gasteiger partial charge in [0.05, 0.1) is 13.2 Å². The zero-order valence-electron chi connectivity index (χ0n) is 25.6. The van der Waals surface area contributed by atoms with Crippen molar-refractivity contribution in [2.75, 3.05) is 13.2 Å². The van der Waals surface area contributed by atoms with Crippen molar-refractivity contribution in [2.24, 2.45) is 5.92 Å². The zero-order chi connectivity index (χ0) is 26.4. The van der Waals surface area contributed by atoms with Crippen LogP contribution in [-0.2, 0) is 9.47 Å². The largest absolute Gasteiger partial charge is 0.498 e. The Kier molecular flexibility index (Phi) is 30.0. The first-order valence-electron chi connectivity index (χ1n) is 16.7. The van der Waals surface area contributed by atoms with Gasteiger partial charge >= 0.3 is 0 Å². The summed E-state index contributed by atoms with van der Waals surface area (Å²) in [7, 11) is 0. The third-order valence-corrected chi connectivity index (χ3v) is 7.46. The summed E-state index contributed by atoms with van der Waals surface area (Å²) in [5, 5.41) is 0. The molecule has 0 aromatic carbocycles. The molecule has 0 aromatic heterocycles. The van der Waals surface area contributed by atoms with E-state index in [9.17, 15) is 0 Å². The van der Waals surface area contributed by atoms with Crippen molar-refractivity contribution >= 4 is 0 Å². The molecule has 0 aromatic rings. The standard InChI is InChI=1S/C34H68O2/c1-5-9-11-13-15-17-19-21-23-25-27-29-33(34(36-31-8-4)32-35-30-7-3)28-26-24-22-20-18-16-14-12-10-6-2/h32-33H,5-31H2,1-4H3/b34-32+. The van der Waals surface area contributed by atoms with Gasteiger partial charge in [0.25, 0.3) is 0 Å². The molecular formula is C34H68O2. The Morgan fingerprint density at radius 3 is 1.17 bits per heavy atom. The van der Waals surface area contributed by atoms with Crippen LogP contribution in [0, 0.1) is 5.92 Å². The number of rotatable bonds is 30. The summed E-state index contributed by atoms with van der Waals surface area (Å²) in [5.41, 5.74) is 0. The van der Waals surface area contributed by atoms with Crippen LogP contribution in [0.4, 0.5) is 0 Å². The van der Waals surface area contributed by atoms with E-state index in [1.165, 1.54) is 148 Å². The highest BCUT2D eigenvalue weighted by Gasteiger charge is 2.16. The summed E-state index contributed by atoms with van der Waals surface area (Å²) in [6, 6.07) is 0. The SMILES string of the molecule is CCCCCCCCCCCCCC(CCCCCCCCCCCC)/C(=C\OCCC)OCCC. The predicted octanol–water partition coefficient (Wildman–Crippen LogP) is 12.3. The molecule has 0 aliphatic rings. The molecule has 1 atom stereocenters. The highest BCUT2D eigenvalue weighted by Crippen LogP contribution is 2.27. The second kappa shape index (κ2) is 30.6. The molecule has 0 spiro atoms. The van der Waals surface area contributed by atoms with E-state index in [0.717, 1.165) is 31.8 Å². The Balaban J connectivity index is 4.29. The van der Waals surface area contributed by atoms with Gasteiger partial charge in [-0.3, -0.25) is 0 Å². The monoisotopic (exact) mass is 509 g/mol. The summed E-state index contributed by atoms with van der Waals surface area (Å²) in [4.78, 5) is 0. The van der Waals surface area contributed by atoms with Crippen molar-refractivity contribution in [3.63, 3.8) is 0 Å². The number of hydrogen-bond donors (Lipinski definition) is 0. The van der Waals surface area contributed by atoms with E-state index in [1.807, 2.05) is 6.26 Å². The van der Waals surface area contributed by atoms with Gasteiger partial charge in [-0.1, -0.05) is 163 Å². The minimum absolute atomic E-state index is 0.543. The van der Waals surface area contributed by atoms with Crippen molar-refractivity contribution in [1.82, 2.24) is 0 Å². The van der Waals surface area contributed by atoms with Crippen LogP contribution in [0.5, 0.6) is 0 Å². The van der Waals surface area contributed by atoms with Gasteiger partial charge in [0, 0.05) is 5.92 Å². The minimum Gasteiger partial charge on any atom is -0.498 e. The highest BCUT2D eigenvalue weighted by molar-refractivity contribution is 4.95. The Labute approximate surface area is 228 Å². The molecule has 0 amide bonds. The van der Waals surface area contributed by atoms with Crippen LogP contribution in [0.1, 0.15) is 188 Å². The van der Waals surface area contributed by atoms with Crippen molar-refractivity contribution in [1.29, 1.82) is 0 Å². The third-order valence-electron chi connectivity index (χ3n) is 7.46. The van der Waals surface area contributed by atoms with Gasteiger partial charge in [-0.25, -0.2) is 0 Å². The molecule has 216 valence electrons. The van der Waals surface area contributed by atoms with Gasteiger partial charge in [-0.05, 0) is 25.7 Å². The summed E-state index contributed by atoms with van der Waals surface area (Å²) < 4.78 is 12.1. The van der Waals surface area contributed by atoms with Crippen molar-refractivity contribution in [3.05, 3.63) is 12.0 Å². The van der Waals surface area contributed by atoms with Gasteiger partial charge in [0.15, 0.2) is 0 Å². The van der Waals surface area contributed by atoms with Crippen LogP contribution in [0.15, 0.2) is 12.0 Å². The maximum Gasteiger partial charge on any atom is 0.133 e. The lowest BCUT2D eigenvalue weighted by Crippen LogP contribution is -2.10. The Bertz CT molecular complexity index is 431. The van der Waals surface area contributed by atoms with Crippen molar-refractivity contribution < 1.29 is 9.47 Å². The topological polar surface area (TPSA) is 18.5 Å². The summed E-state index contributed by atoms with van der Waals surface area (Å²) in [6.07, 6.45) is 36.2. The van der Waals surface area contributed by atoms with E-state index in [2.05, 4.69) is 27.7 Å². The molecule has 2 nitrogen and oxygen atoms in total. The molecule has 0 heterocycles. The molecule has 36 heavy (non-hydrogen) atoms. The first-order chi connectivity index (χ1) is 17.8. The van der Waals surface area contributed by atoms with Gasteiger partial charge in [-0.15, -0.1) is 0 Å². The molecule has 0 N–H and O–H groups in total. The second-order valence-corrected chi connectivity index (χ2v) is 11.2. The van der Waals surface area contributed by atoms with Crippen LogP contribution in [0.3, 0.4) is 0 Å². The van der Waals surface area contributed by atoms with Crippen LogP contribution >= 0.6 is 0 Å². The molecule has 1 unspecified atom stereocenters. The number of hydrogen-bond acceptors (Lipinski definition) is 2. The predicted molar refractivity (Wildman–Crippen MR) is 162 cm³/mol. The normalized spacial score (nSPS) is 12.7. The van der Waals surface area contributed by atoms with Crippen LogP contribution in [0.2, 0.25) is 0 Å². The molecule has 0 saturated carbocycles. The molecule has 0 saturated heterocycles. The van der Waals surface area contributed by atoms with E-state index in [-0.39, 0.29) is 0 Å². The smallest absolute Gasteiger partial charge is 0.133 e. The van der Waals surface area contributed by atoms with Crippen LogP contribution < -0.4 is 0 Å². The fourth-order valence-corrected chi connectivity index (χ4v) is 5.09. The number of unbranched alkanes of at least 4 members (excludes halogenated alkanes) is 19. The maximum atomic E-state index is 6.23. The first-order valence-corrected chi connectivity index (χ1v) is 16.7. The molecule has 0 aliphatic carbocycles. The second-order valence-electron chi connectivity index (χ2n) is 11.2. The molecule has 2 heteroatoms. The Morgan fingerprint density at radius 1 is 0.444 bits per heavy atom. The molecular weight excluding hydrogens is 440 g/mol. The number of ether oxygens (including phenoxy) is 2. The van der Waals surface area contributed by atoms with Gasteiger partial charge in [-0.2, -0.15) is 0 Å². The van der Waals surface area contributed by atoms with Gasteiger partial charge < -0.3 is 9.47 Å². The van der Waals surface area contributed by atoms with Crippen molar-refractivity contribution in [2.45, 2.75) is 188 Å².